The van der Waals surface area contributed by atoms with E-state index in [4.69, 9.17) is 11.6 Å². The van der Waals surface area contributed by atoms with Gasteiger partial charge in [-0.15, -0.1) is 0 Å². The number of nitrogens with one attached hydrogen (secondary N) is 1. The maximum atomic E-state index is 12.5. The van der Waals surface area contributed by atoms with Gasteiger partial charge in [-0.3, -0.25) is 4.79 Å². The molecule has 0 aliphatic carbocycles. The average Bonchev–Trinajstić information content (AvgIpc) is 2.38. The number of carbonyl (C=O) groups is 1. The molecule has 19 heavy (non-hydrogen) atoms. The highest BCUT2D eigenvalue weighted by Gasteiger charge is 2.30. The molecule has 0 atom stereocenters. The SMILES string of the molecule is CNC1(C)CCN(C(=O)c2cc(C)cc(Cl)c2)CC1. The largest absolute Gasteiger partial charge is 0.339 e. The molecule has 1 amide bonds. The van der Waals surface area contributed by atoms with Crippen molar-refractivity contribution in [3.63, 3.8) is 0 Å². The molecule has 0 aromatic heterocycles. The molecule has 1 heterocycles. The summed E-state index contributed by atoms with van der Waals surface area (Å²) >= 11 is 6.02. The molecule has 0 unspecified atom stereocenters. The van der Waals surface area contributed by atoms with Gasteiger partial charge in [0, 0.05) is 29.2 Å². The lowest BCUT2D eigenvalue weighted by Crippen LogP contribution is -2.51. The zero-order valence-electron chi connectivity index (χ0n) is 11.8. The first-order chi connectivity index (χ1) is 8.93. The van der Waals surface area contributed by atoms with Crippen molar-refractivity contribution in [1.82, 2.24) is 10.2 Å². The molecule has 3 nitrogen and oxygen atoms in total. The number of aryl methyl sites for hydroxylation is 1. The molecule has 1 fully saturated rings. The molecule has 1 aromatic carbocycles. The van der Waals surface area contributed by atoms with E-state index in [1.165, 1.54) is 0 Å². The summed E-state index contributed by atoms with van der Waals surface area (Å²) in [5.41, 5.74) is 1.87. The number of piperidine rings is 1. The Kier molecular flexibility index (Phi) is 4.16. The van der Waals surface area contributed by atoms with Gasteiger partial charge >= 0.3 is 0 Å². The van der Waals surface area contributed by atoms with Crippen molar-refractivity contribution >= 4 is 17.5 Å². The third kappa shape index (κ3) is 3.28. The molecule has 104 valence electrons. The highest BCUT2D eigenvalue weighted by molar-refractivity contribution is 6.31. The molecule has 1 aliphatic heterocycles. The highest BCUT2D eigenvalue weighted by Crippen LogP contribution is 2.23. The van der Waals surface area contributed by atoms with Gasteiger partial charge < -0.3 is 10.2 Å². The standard InChI is InChI=1S/C15H21ClN2O/c1-11-8-12(10-13(16)9-11)14(19)18-6-4-15(2,17-3)5-7-18/h8-10,17H,4-7H2,1-3H3. The first-order valence-corrected chi connectivity index (χ1v) is 7.07. The third-order valence-corrected chi connectivity index (χ3v) is 4.27. The van der Waals surface area contributed by atoms with Crippen LogP contribution in [-0.4, -0.2) is 36.5 Å². The highest BCUT2D eigenvalue weighted by atomic mass is 35.5. The van der Waals surface area contributed by atoms with Crippen LogP contribution in [0.15, 0.2) is 18.2 Å². The van der Waals surface area contributed by atoms with Crippen LogP contribution in [0.4, 0.5) is 0 Å². The van der Waals surface area contributed by atoms with Gasteiger partial charge in [0.05, 0.1) is 0 Å². The van der Waals surface area contributed by atoms with Crippen molar-refractivity contribution in [2.24, 2.45) is 0 Å². The molecule has 1 aromatic rings. The van der Waals surface area contributed by atoms with E-state index >= 15 is 0 Å². The Morgan fingerprint density at radius 3 is 2.47 bits per heavy atom. The average molecular weight is 281 g/mol. The van der Waals surface area contributed by atoms with Gasteiger partial charge in [-0.25, -0.2) is 0 Å². The molecule has 1 saturated heterocycles. The Balaban J connectivity index is 2.09. The van der Waals surface area contributed by atoms with Gasteiger partial charge in [0.25, 0.3) is 5.91 Å². The summed E-state index contributed by atoms with van der Waals surface area (Å²) in [5, 5.41) is 3.96. The summed E-state index contributed by atoms with van der Waals surface area (Å²) < 4.78 is 0. The number of likely N-dealkylation sites (tertiary alicyclic amines) is 1. The van der Waals surface area contributed by atoms with E-state index < -0.39 is 0 Å². The third-order valence-electron chi connectivity index (χ3n) is 4.05. The number of hydrogen-bond donors (Lipinski definition) is 1. The predicted octanol–water partition coefficient (Wildman–Crippen LogP) is 2.86. The lowest BCUT2D eigenvalue weighted by atomic mass is 9.89. The molecule has 0 bridgehead atoms. The maximum absolute atomic E-state index is 12.5. The van der Waals surface area contributed by atoms with Gasteiger partial charge in [-0.2, -0.15) is 0 Å². The van der Waals surface area contributed by atoms with Crippen LogP contribution in [0.5, 0.6) is 0 Å². The second kappa shape index (κ2) is 5.51. The minimum Gasteiger partial charge on any atom is -0.339 e. The normalized spacial score (nSPS) is 18.4. The van der Waals surface area contributed by atoms with Gasteiger partial charge in [0.15, 0.2) is 0 Å². The second-order valence-electron chi connectivity index (χ2n) is 5.62. The molecule has 4 heteroatoms. The Hall–Kier alpha value is -1.06. The zero-order valence-corrected chi connectivity index (χ0v) is 12.5. The quantitative estimate of drug-likeness (QED) is 0.903. The number of hydrogen-bond acceptors (Lipinski definition) is 2. The van der Waals surface area contributed by atoms with E-state index in [9.17, 15) is 4.79 Å². The fourth-order valence-electron chi connectivity index (χ4n) is 2.50. The van der Waals surface area contributed by atoms with Crippen LogP contribution < -0.4 is 5.32 Å². The van der Waals surface area contributed by atoms with E-state index in [0.717, 1.165) is 31.5 Å². The van der Waals surface area contributed by atoms with E-state index in [1.807, 2.05) is 31.0 Å². The van der Waals surface area contributed by atoms with Crippen molar-refractivity contribution < 1.29 is 4.79 Å². The van der Waals surface area contributed by atoms with Crippen molar-refractivity contribution in [3.05, 3.63) is 34.3 Å². The minimum absolute atomic E-state index is 0.0868. The van der Waals surface area contributed by atoms with Gasteiger partial charge in [-0.1, -0.05) is 11.6 Å². The first kappa shape index (κ1) is 14.4. The molecule has 1 aliphatic rings. The lowest BCUT2D eigenvalue weighted by molar-refractivity contribution is 0.0661. The Bertz CT molecular complexity index is 459. The molecule has 2 rings (SSSR count). The summed E-state index contributed by atoms with van der Waals surface area (Å²) in [7, 11) is 1.98. The Morgan fingerprint density at radius 1 is 1.32 bits per heavy atom. The van der Waals surface area contributed by atoms with Gasteiger partial charge in [-0.05, 0) is 57.5 Å². The molecular formula is C15H21ClN2O. The zero-order chi connectivity index (χ0) is 14.0. The number of carbonyl (C=O) groups excluding carboxylic acids is 1. The van der Waals surface area contributed by atoms with Crippen LogP contribution in [-0.2, 0) is 0 Å². The van der Waals surface area contributed by atoms with Crippen LogP contribution in [0.1, 0.15) is 35.7 Å². The van der Waals surface area contributed by atoms with Crippen LogP contribution in [0.25, 0.3) is 0 Å². The molecule has 0 radical (unpaired) electrons. The fraction of sp³-hybridized carbons (Fsp3) is 0.533. The Morgan fingerprint density at radius 2 is 1.95 bits per heavy atom. The van der Waals surface area contributed by atoms with Crippen molar-refractivity contribution in [3.8, 4) is 0 Å². The van der Waals surface area contributed by atoms with Crippen molar-refractivity contribution in [2.45, 2.75) is 32.2 Å². The summed E-state index contributed by atoms with van der Waals surface area (Å²) in [4.78, 5) is 14.4. The predicted molar refractivity (Wildman–Crippen MR) is 78.8 cm³/mol. The van der Waals surface area contributed by atoms with Gasteiger partial charge in [0.2, 0.25) is 0 Å². The summed E-state index contributed by atoms with van der Waals surface area (Å²) in [5.74, 6) is 0.0868. The Labute approximate surface area is 119 Å². The van der Waals surface area contributed by atoms with Crippen molar-refractivity contribution in [2.75, 3.05) is 20.1 Å². The van der Waals surface area contributed by atoms with E-state index in [-0.39, 0.29) is 11.4 Å². The van der Waals surface area contributed by atoms with Crippen LogP contribution in [0, 0.1) is 6.92 Å². The summed E-state index contributed by atoms with van der Waals surface area (Å²) in [6, 6.07) is 5.52. The number of benzene rings is 1. The van der Waals surface area contributed by atoms with Crippen LogP contribution in [0.2, 0.25) is 5.02 Å². The van der Waals surface area contributed by atoms with E-state index in [2.05, 4.69) is 12.2 Å². The van der Waals surface area contributed by atoms with Crippen LogP contribution >= 0.6 is 11.6 Å². The number of halogens is 1. The first-order valence-electron chi connectivity index (χ1n) is 6.69. The minimum atomic E-state index is 0.0868. The second-order valence-corrected chi connectivity index (χ2v) is 6.06. The van der Waals surface area contributed by atoms with Crippen LogP contribution in [0.3, 0.4) is 0 Å². The number of amides is 1. The topological polar surface area (TPSA) is 32.3 Å². The summed E-state index contributed by atoms with van der Waals surface area (Å²) in [6.45, 7) is 5.75. The summed E-state index contributed by atoms with van der Waals surface area (Å²) in [6.07, 6.45) is 1.96. The smallest absolute Gasteiger partial charge is 0.253 e. The van der Waals surface area contributed by atoms with E-state index in [1.54, 1.807) is 6.07 Å². The van der Waals surface area contributed by atoms with Crippen molar-refractivity contribution in [1.29, 1.82) is 0 Å². The monoisotopic (exact) mass is 280 g/mol. The lowest BCUT2D eigenvalue weighted by Gasteiger charge is -2.39. The number of rotatable bonds is 2. The molecule has 1 N–H and O–H groups in total. The van der Waals surface area contributed by atoms with E-state index in [0.29, 0.717) is 10.6 Å². The molecule has 0 saturated carbocycles. The number of nitrogens with zero attached hydrogens (tertiary/aromatic N) is 1. The maximum Gasteiger partial charge on any atom is 0.253 e. The molecular weight excluding hydrogens is 260 g/mol. The fourth-order valence-corrected chi connectivity index (χ4v) is 2.79. The molecule has 0 spiro atoms. The van der Waals surface area contributed by atoms with Gasteiger partial charge in [0.1, 0.15) is 0 Å².